The number of hydrogen-bond acceptors (Lipinski definition) is 4. The Balaban J connectivity index is 2.05. The number of nitrogens with one attached hydrogen (secondary N) is 1. The molecule has 0 aliphatic heterocycles. The van der Waals surface area contributed by atoms with Gasteiger partial charge < -0.3 is 15.0 Å². The number of amides is 2. The van der Waals surface area contributed by atoms with Gasteiger partial charge in [-0.3, -0.25) is 9.59 Å². The van der Waals surface area contributed by atoms with Gasteiger partial charge in [0.1, 0.15) is 6.42 Å². The van der Waals surface area contributed by atoms with Crippen molar-refractivity contribution in [3.63, 3.8) is 0 Å². The molecule has 0 bridgehead atoms. The summed E-state index contributed by atoms with van der Waals surface area (Å²) in [6, 6.07) is 13.3. The molecule has 25 heavy (non-hydrogen) atoms. The van der Waals surface area contributed by atoms with E-state index >= 15 is 0 Å². The molecule has 0 aliphatic carbocycles. The molecule has 130 valence electrons. The summed E-state index contributed by atoms with van der Waals surface area (Å²) in [5, 5.41) is 2.80. The maximum atomic E-state index is 12.2. The van der Waals surface area contributed by atoms with Crippen LogP contribution in [-0.2, 0) is 14.3 Å². The summed E-state index contributed by atoms with van der Waals surface area (Å²) in [6.07, 6.45) is -0.357. The molecule has 7 heteroatoms. The third kappa shape index (κ3) is 4.81. The SMILES string of the molecule is COC(=O)c1ccc(Cl)c(NC(=O)CC(=O)N(C)c2ccccc2)c1. The summed E-state index contributed by atoms with van der Waals surface area (Å²) in [5.74, 6) is -1.45. The Hall–Kier alpha value is -2.86. The number of rotatable bonds is 5. The standard InChI is InChI=1S/C18H17ClN2O4/c1-21(13-6-4-3-5-7-13)17(23)11-16(22)20-15-10-12(18(24)25-2)8-9-14(15)19/h3-10H,11H2,1-2H3,(H,20,22). The van der Waals surface area contributed by atoms with Crippen molar-refractivity contribution < 1.29 is 19.1 Å². The summed E-state index contributed by atoms with van der Waals surface area (Å²) < 4.78 is 4.63. The highest BCUT2D eigenvalue weighted by molar-refractivity contribution is 6.34. The molecular formula is C18H17ClN2O4. The Bertz CT molecular complexity index is 793. The molecule has 1 N–H and O–H groups in total. The van der Waals surface area contributed by atoms with E-state index in [1.54, 1.807) is 31.3 Å². The number of esters is 1. The second-order valence-corrected chi connectivity index (χ2v) is 5.61. The number of benzene rings is 2. The molecule has 0 heterocycles. The predicted molar refractivity (Wildman–Crippen MR) is 95.9 cm³/mol. The number of carbonyl (C=O) groups excluding carboxylic acids is 3. The van der Waals surface area contributed by atoms with Crippen LogP contribution >= 0.6 is 11.6 Å². The van der Waals surface area contributed by atoms with Gasteiger partial charge in [-0.1, -0.05) is 29.8 Å². The number of nitrogens with zero attached hydrogens (tertiary/aromatic N) is 1. The summed E-state index contributed by atoms with van der Waals surface area (Å²) in [6.45, 7) is 0. The minimum absolute atomic E-state index is 0.240. The van der Waals surface area contributed by atoms with Crippen LogP contribution < -0.4 is 10.2 Å². The highest BCUT2D eigenvalue weighted by Crippen LogP contribution is 2.24. The van der Waals surface area contributed by atoms with Crippen LogP contribution in [0.5, 0.6) is 0 Å². The van der Waals surface area contributed by atoms with E-state index in [0.29, 0.717) is 5.69 Å². The van der Waals surface area contributed by atoms with Crippen molar-refractivity contribution in [3.05, 3.63) is 59.1 Å². The van der Waals surface area contributed by atoms with Crippen LogP contribution in [0.15, 0.2) is 48.5 Å². The molecule has 2 aromatic carbocycles. The lowest BCUT2D eigenvalue weighted by molar-refractivity contribution is -0.125. The predicted octanol–water partition coefficient (Wildman–Crippen LogP) is 3.12. The first-order valence-electron chi connectivity index (χ1n) is 7.41. The summed E-state index contributed by atoms with van der Waals surface area (Å²) in [7, 11) is 2.85. The van der Waals surface area contributed by atoms with E-state index in [2.05, 4.69) is 10.1 Å². The second kappa shape index (κ2) is 8.30. The van der Waals surface area contributed by atoms with Crippen LogP contribution in [-0.4, -0.2) is 31.9 Å². The molecule has 2 rings (SSSR count). The van der Waals surface area contributed by atoms with Crippen molar-refractivity contribution >= 4 is 40.8 Å². The van der Waals surface area contributed by atoms with Crippen LogP contribution in [0.2, 0.25) is 5.02 Å². The van der Waals surface area contributed by atoms with Crippen LogP contribution in [0.4, 0.5) is 11.4 Å². The number of hydrogen-bond donors (Lipinski definition) is 1. The number of para-hydroxylation sites is 1. The number of ether oxygens (including phenoxy) is 1. The lowest BCUT2D eigenvalue weighted by Crippen LogP contribution is -2.30. The molecule has 0 saturated carbocycles. The highest BCUT2D eigenvalue weighted by Gasteiger charge is 2.17. The zero-order valence-electron chi connectivity index (χ0n) is 13.8. The van der Waals surface area contributed by atoms with Crippen molar-refractivity contribution in [2.24, 2.45) is 0 Å². The fourth-order valence-electron chi connectivity index (χ4n) is 2.11. The van der Waals surface area contributed by atoms with E-state index in [1.165, 1.54) is 30.2 Å². The van der Waals surface area contributed by atoms with Gasteiger partial charge in [0.25, 0.3) is 0 Å². The topological polar surface area (TPSA) is 75.7 Å². The van der Waals surface area contributed by atoms with Crippen LogP contribution in [0.1, 0.15) is 16.8 Å². The fraction of sp³-hybridized carbons (Fsp3) is 0.167. The first-order chi connectivity index (χ1) is 11.9. The van der Waals surface area contributed by atoms with Crippen molar-refractivity contribution in [3.8, 4) is 0 Å². The molecule has 2 amide bonds. The van der Waals surface area contributed by atoms with E-state index in [9.17, 15) is 14.4 Å². The maximum absolute atomic E-state index is 12.2. The molecule has 0 unspecified atom stereocenters. The van der Waals surface area contributed by atoms with Crippen molar-refractivity contribution in [2.75, 3.05) is 24.4 Å². The van der Waals surface area contributed by atoms with E-state index in [0.717, 1.165) is 0 Å². The van der Waals surface area contributed by atoms with Crippen molar-refractivity contribution in [1.82, 2.24) is 0 Å². The summed E-state index contributed by atoms with van der Waals surface area (Å²) in [5.41, 5.74) is 1.17. The summed E-state index contributed by atoms with van der Waals surface area (Å²) >= 11 is 6.02. The minimum atomic E-state index is -0.549. The van der Waals surface area contributed by atoms with E-state index in [4.69, 9.17) is 11.6 Å². The number of halogens is 1. The smallest absolute Gasteiger partial charge is 0.337 e. The quantitative estimate of drug-likeness (QED) is 0.656. The van der Waals surface area contributed by atoms with Gasteiger partial charge in [-0.15, -0.1) is 0 Å². The van der Waals surface area contributed by atoms with Gasteiger partial charge in [-0.05, 0) is 30.3 Å². The van der Waals surface area contributed by atoms with Gasteiger partial charge in [0.05, 0.1) is 23.4 Å². The molecule has 0 fully saturated rings. The van der Waals surface area contributed by atoms with E-state index in [-0.39, 0.29) is 28.6 Å². The molecule has 0 aromatic heterocycles. The second-order valence-electron chi connectivity index (χ2n) is 5.20. The first-order valence-corrected chi connectivity index (χ1v) is 7.79. The molecule has 6 nitrogen and oxygen atoms in total. The highest BCUT2D eigenvalue weighted by atomic mass is 35.5. The molecule has 0 spiro atoms. The Morgan fingerprint density at radius 2 is 1.80 bits per heavy atom. The number of methoxy groups -OCH3 is 1. The maximum Gasteiger partial charge on any atom is 0.337 e. The average molecular weight is 361 g/mol. The zero-order chi connectivity index (χ0) is 18.4. The van der Waals surface area contributed by atoms with E-state index < -0.39 is 11.9 Å². The van der Waals surface area contributed by atoms with Gasteiger partial charge in [-0.25, -0.2) is 4.79 Å². The van der Waals surface area contributed by atoms with Gasteiger partial charge in [-0.2, -0.15) is 0 Å². The van der Waals surface area contributed by atoms with E-state index in [1.807, 2.05) is 6.07 Å². The third-order valence-corrected chi connectivity index (χ3v) is 3.82. The molecule has 0 radical (unpaired) electrons. The summed E-state index contributed by atoms with van der Waals surface area (Å²) in [4.78, 5) is 37.3. The normalized spacial score (nSPS) is 10.0. The first kappa shape index (κ1) is 18.5. The third-order valence-electron chi connectivity index (χ3n) is 3.49. The Morgan fingerprint density at radius 1 is 1.12 bits per heavy atom. The van der Waals surface area contributed by atoms with Crippen LogP contribution in [0.3, 0.4) is 0 Å². The monoisotopic (exact) mass is 360 g/mol. The molecule has 0 aliphatic rings. The average Bonchev–Trinajstić information content (AvgIpc) is 2.62. The van der Waals surface area contributed by atoms with Crippen molar-refractivity contribution in [1.29, 1.82) is 0 Å². The van der Waals surface area contributed by atoms with Crippen molar-refractivity contribution in [2.45, 2.75) is 6.42 Å². The molecule has 2 aromatic rings. The molecule has 0 atom stereocenters. The van der Waals surface area contributed by atoms with Crippen LogP contribution in [0.25, 0.3) is 0 Å². The Kier molecular flexibility index (Phi) is 6.14. The fourth-order valence-corrected chi connectivity index (χ4v) is 2.28. The van der Waals surface area contributed by atoms with Gasteiger partial charge in [0.2, 0.25) is 11.8 Å². The lowest BCUT2D eigenvalue weighted by atomic mass is 10.2. The van der Waals surface area contributed by atoms with Gasteiger partial charge in [0.15, 0.2) is 0 Å². The lowest BCUT2D eigenvalue weighted by Gasteiger charge is -2.17. The Morgan fingerprint density at radius 3 is 2.44 bits per heavy atom. The van der Waals surface area contributed by atoms with Gasteiger partial charge >= 0.3 is 5.97 Å². The number of anilines is 2. The largest absolute Gasteiger partial charge is 0.465 e. The number of carbonyl (C=O) groups is 3. The van der Waals surface area contributed by atoms with Crippen LogP contribution in [0, 0.1) is 0 Å². The van der Waals surface area contributed by atoms with Gasteiger partial charge in [0, 0.05) is 12.7 Å². The Labute approximate surface area is 150 Å². The minimum Gasteiger partial charge on any atom is -0.465 e. The molecule has 0 saturated heterocycles. The molecular weight excluding hydrogens is 344 g/mol. The zero-order valence-corrected chi connectivity index (χ0v) is 14.5.